The first-order valence-electron chi connectivity index (χ1n) is 7.82. The number of amides is 1. The number of hydrogen-bond acceptors (Lipinski definition) is 2. The Kier molecular flexibility index (Phi) is 5.68. The molecule has 3 N–H and O–H groups in total. The Morgan fingerprint density at radius 3 is 2.52 bits per heavy atom. The highest BCUT2D eigenvalue weighted by molar-refractivity contribution is 9.10. The third-order valence-electron chi connectivity index (χ3n) is 3.57. The van der Waals surface area contributed by atoms with Gasteiger partial charge in [0.1, 0.15) is 0 Å². The van der Waals surface area contributed by atoms with Crippen LogP contribution in [0.2, 0.25) is 0 Å². The third-order valence-corrected chi connectivity index (χ3v) is 4.09. The van der Waals surface area contributed by atoms with Crippen LogP contribution in [0.25, 0.3) is 0 Å². The van der Waals surface area contributed by atoms with Crippen LogP contribution in [0.1, 0.15) is 38.7 Å². The van der Waals surface area contributed by atoms with E-state index in [2.05, 4.69) is 61.1 Å². The topological polar surface area (TPSA) is 65.5 Å². The van der Waals surface area contributed by atoms with Crippen LogP contribution < -0.4 is 16.0 Å². The van der Waals surface area contributed by atoms with Crippen molar-refractivity contribution in [2.45, 2.75) is 44.7 Å². The van der Waals surface area contributed by atoms with E-state index in [0.717, 1.165) is 10.9 Å². The molecule has 0 aromatic heterocycles. The van der Waals surface area contributed by atoms with Gasteiger partial charge in [-0.05, 0) is 44.9 Å². The second kappa shape index (κ2) is 7.34. The molecule has 1 aliphatic carbocycles. The predicted octanol–water partition coefficient (Wildman–Crippen LogP) is 2.38. The van der Waals surface area contributed by atoms with E-state index in [0.29, 0.717) is 17.9 Å². The van der Waals surface area contributed by atoms with Crippen molar-refractivity contribution in [1.29, 1.82) is 0 Å². The number of carbonyl (C=O) groups is 1. The zero-order valence-electron chi connectivity index (χ0n) is 14.1. The fourth-order valence-electron chi connectivity index (χ4n) is 2.43. The van der Waals surface area contributed by atoms with Gasteiger partial charge in [0.25, 0.3) is 0 Å². The van der Waals surface area contributed by atoms with Gasteiger partial charge in [-0.1, -0.05) is 28.1 Å². The van der Waals surface area contributed by atoms with E-state index in [1.807, 2.05) is 20.8 Å². The van der Waals surface area contributed by atoms with Gasteiger partial charge in [0.05, 0.1) is 6.54 Å². The number of carbonyl (C=O) groups excluding carboxylic acids is 1. The standard InChI is InChI=1S/C17H25BrN4O/c1-17(2,3)22-15(23)10-20-16(19-4)21-14-9-13(14)11-5-7-12(18)8-6-11/h5-8,13-14H,9-10H2,1-4H3,(H,22,23)(H2,19,20,21). The quantitative estimate of drug-likeness (QED) is 0.554. The van der Waals surface area contributed by atoms with Gasteiger partial charge < -0.3 is 16.0 Å². The second-order valence-corrected chi connectivity index (χ2v) is 7.78. The minimum absolute atomic E-state index is 0.0410. The van der Waals surface area contributed by atoms with Crippen molar-refractivity contribution < 1.29 is 4.79 Å². The van der Waals surface area contributed by atoms with Crippen LogP contribution >= 0.6 is 15.9 Å². The molecule has 23 heavy (non-hydrogen) atoms. The van der Waals surface area contributed by atoms with Gasteiger partial charge in [-0.15, -0.1) is 0 Å². The highest BCUT2D eigenvalue weighted by Crippen LogP contribution is 2.40. The minimum atomic E-state index is -0.223. The summed E-state index contributed by atoms with van der Waals surface area (Å²) in [7, 11) is 1.72. The van der Waals surface area contributed by atoms with Gasteiger partial charge >= 0.3 is 0 Å². The van der Waals surface area contributed by atoms with Crippen molar-refractivity contribution in [2.24, 2.45) is 4.99 Å². The van der Waals surface area contributed by atoms with E-state index in [4.69, 9.17) is 0 Å². The largest absolute Gasteiger partial charge is 0.353 e. The molecule has 2 rings (SSSR count). The molecule has 6 heteroatoms. The fraction of sp³-hybridized carbons (Fsp3) is 0.529. The molecule has 2 atom stereocenters. The molecule has 1 amide bonds. The Bertz CT molecular complexity index is 577. The van der Waals surface area contributed by atoms with Gasteiger partial charge in [-0.2, -0.15) is 0 Å². The lowest BCUT2D eigenvalue weighted by Crippen LogP contribution is -2.48. The van der Waals surface area contributed by atoms with Crippen molar-refractivity contribution in [3.63, 3.8) is 0 Å². The molecule has 2 unspecified atom stereocenters. The van der Waals surface area contributed by atoms with E-state index in [1.165, 1.54) is 5.56 Å². The lowest BCUT2D eigenvalue weighted by molar-refractivity contribution is -0.121. The number of rotatable bonds is 4. The first-order chi connectivity index (χ1) is 10.8. The first-order valence-corrected chi connectivity index (χ1v) is 8.61. The van der Waals surface area contributed by atoms with E-state index in [1.54, 1.807) is 7.05 Å². The summed E-state index contributed by atoms with van der Waals surface area (Å²) < 4.78 is 1.09. The summed E-state index contributed by atoms with van der Waals surface area (Å²) in [5, 5.41) is 9.35. The van der Waals surface area contributed by atoms with Crippen molar-refractivity contribution in [2.75, 3.05) is 13.6 Å². The van der Waals surface area contributed by atoms with Crippen molar-refractivity contribution in [3.05, 3.63) is 34.3 Å². The zero-order valence-corrected chi connectivity index (χ0v) is 15.7. The van der Waals surface area contributed by atoms with E-state index in [-0.39, 0.29) is 18.0 Å². The summed E-state index contributed by atoms with van der Waals surface area (Å²) >= 11 is 3.45. The minimum Gasteiger partial charge on any atom is -0.353 e. The Morgan fingerprint density at radius 2 is 1.96 bits per heavy atom. The van der Waals surface area contributed by atoms with E-state index < -0.39 is 0 Å². The summed E-state index contributed by atoms with van der Waals surface area (Å²) in [5.41, 5.74) is 1.10. The maximum Gasteiger partial charge on any atom is 0.239 e. The molecule has 1 aromatic carbocycles. The lowest BCUT2D eigenvalue weighted by atomic mass is 10.1. The van der Waals surface area contributed by atoms with Crippen molar-refractivity contribution >= 4 is 27.8 Å². The molecule has 1 saturated carbocycles. The molecule has 0 heterocycles. The predicted molar refractivity (Wildman–Crippen MR) is 97.7 cm³/mol. The Hall–Kier alpha value is -1.56. The Labute approximate surface area is 146 Å². The molecule has 0 aliphatic heterocycles. The number of guanidine groups is 1. The van der Waals surface area contributed by atoms with E-state index in [9.17, 15) is 4.79 Å². The van der Waals surface area contributed by atoms with Crippen molar-refractivity contribution in [3.8, 4) is 0 Å². The average Bonchev–Trinajstić information content (AvgIpc) is 3.21. The molecule has 1 fully saturated rings. The van der Waals surface area contributed by atoms with Gasteiger partial charge in [-0.25, -0.2) is 0 Å². The number of nitrogens with one attached hydrogen (secondary N) is 3. The molecule has 0 spiro atoms. The third kappa shape index (κ3) is 5.86. The number of aliphatic imine (C=N–C) groups is 1. The van der Waals surface area contributed by atoms with Crippen LogP contribution in [-0.4, -0.2) is 37.0 Å². The monoisotopic (exact) mass is 380 g/mol. The molecule has 126 valence electrons. The van der Waals surface area contributed by atoms with Gasteiger partial charge in [0.2, 0.25) is 5.91 Å². The van der Waals surface area contributed by atoms with Gasteiger partial charge in [0, 0.05) is 29.0 Å². The summed E-state index contributed by atoms with van der Waals surface area (Å²) in [6.45, 7) is 6.10. The lowest BCUT2D eigenvalue weighted by Gasteiger charge is -2.21. The van der Waals surface area contributed by atoms with Gasteiger partial charge in [-0.3, -0.25) is 9.79 Å². The second-order valence-electron chi connectivity index (χ2n) is 6.87. The molecule has 5 nitrogen and oxygen atoms in total. The summed E-state index contributed by atoms with van der Waals surface area (Å²) in [6, 6.07) is 8.78. The molecular weight excluding hydrogens is 356 g/mol. The van der Waals surface area contributed by atoms with Crippen molar-refractivity contribution in [1.82, 2.24) is 16.0 Å². The van der Waals surface area contributed by atoms with Crippen LogP contribution in [-0.2, 0) is 4.79 Å². The van der Waals surface area contributed by atoms with Crippen LogP contribution in [0.4, 0.5) is 0 Å². The van der Waals surface area contributed by atoms with Crippen LogP contribution in [0.3, 0.4) is 0 Å². The van der Waals surface area contributed by atoms with Gasteiger partial charge in [0.15, 0.2) is 5.96 Å². The molecular formula is C17H25BrN4O. The maximum atomic E-state index is 11.8. The molecule has 1 aliphatic rings. The smallest absolute Gasteiger partial charge is 0.239 e. The SMILES string of the molecule is CN=C(NCC(=O)NC(C)(C)C)NC1CC1c1ccc(Br)cc1. The summed E-state index contributed by atoms with van der Waals surface area (Å²) in [5.74, 6) is 1.13. The molecule has 1 aromatic rings. The molecule has 0 bridgehead atoms. The molecule has 0 radical (unpaired) electrons. The number of halogens is 1. The maximum absolute atomic E-state index is 11.8. The highest BCUT2D eigenvalue weighted by atomic mass is 79.9. The fourth-order valence-corrected chi connectivity index (χ4v) is 2.69. The van der Waals surface area contributed by atoms with E-state index >= 15 is 0 Å². The highest BCUT2D eigenvalue weighted by Gasteiger charge is 2.38. The number of benzene rings is 1. The molecule has 0 saturated heterocycles. The summed E-state index contributed by atoms with van der Waals surface area (Å²) in [6.07, 6.45) is 1.08. The van der Waals surface area contributed by atoms with Crippen LogP contribution in [0, 0.1) is 0 Å². The van der Waals surface area contributed by atoms with Crippen LogP contribution in [0.5, 0.6) is 0 Å². The number of hydrogen-bond donors (Lipinski definition) is 3. The zero-order chi connectivity index (χ0) is 17.0. The normalized spacial score (nSPS) is 20.8. The Balaban J connectivity index is 1.78. The Morgan fingerprint density at radius 1 is 1.30 bits per heavy atom. The first kappa shape index (κ1) is 17.8. The average molecular weight is 381 g/mol. The summed E-state index contributed by atoms with van der Waals surface area (Å²) in [4.78, 5) is 16.0. The van der Waals surface area contributed by atoms with Crippen LogP contribution in [0.15, 0.2) is 33.7 Å². The number of nitrogens with zero attached hydrogens (tertiary/aromatic N) is 1.